The topological polar surface area (TPSA) is 92.4 Å². The minimum absolute atomic E-state index is 0.0125. The predicted octanol–water partition coefficient (Wildman–Crippen LogP) is 0.929. The van der Waals surface area contributed by atoms with Crippen molar-refractivity contribution in [2.45, 2.75) is 31.3 Å². The molecule has 0 fully saturated rings. The van der Waals surface area contributed by atoms with Gasteiger partial charge in [-0.25, -0.2) is 26.3 Å². The molecule has 0 spiro atoms. The number of hydrogen-bond acceptors (Lipinski definition) is 4. The van der Waals surface area contributed by atoms with Crippen LogP contribution in [0.4, 0.5) is 18.9 Å². The van der Waals surface area contributed by atoms with E-state index in [0.717, 1.165) is 6.07 Å². The van der Waals surface area contributed by atoms with Crippen LogP contribution in [0.25, 0.3) is 0 Å². The van der Waals surface area contributed by atoms with Gasteiger partial charge in [-0.2, -0.15) is 0 Å². The number of benzene rings is 1. The summed E-state index contributed by atoms with van der Waals surface area (Å²) in [6.45, 7) is 1.81. The molecular weight excluding hydrogens is 297 g/mol. The molecule has 9 heteroatoms. The average Bonchev–Trinajstić information content (AvgIpc) is 2.32. The third-order valence-electron chi connectivity index (χ3n) is 2.75. The second-order valence-electron chi connectivity index (χ2n) is 4.30. The molecule has 1 aromatic rings. The Hall–Kier alpha value is -1.32. The molecular formula is C11H15F3N2O3S. The molecule has 0 aliphatic rings. The number of alkyl halides is 2. The van der Waals surface area contributed by atoms with Gasteiger partial charge in [0.2, 0.25) is 10.0 Å². The van der Waals surface area contributed by atoms with Crippen LogP contribution < -0.4 is 10.5 Å². The zero-order valence-corrected chi connectivity index (χ0v) is 11.6. The lowest BCUT2D eigenvalue weighted by atomic mass is 10.1. The van der Waals surface area contributed by atoms with Gasteiger partial charge in [0, 0.05) is 6.54 Å². The van der Waals surface area contributed by atoms with Crippen molar-refractivity contribution in [3.05, 3.63) is 23.0 Å². The number of nitrogen functional groups attached to an aromatic ring is 1. The molecule has 0 saturated heterocycles. The number of aliphatic hydroxyl groups is 1. The van der Waals surface area contributed by atoms with Crippen LogP contribution in [0, 0.1) is 19.7 Å². The van der Waals surface area contributed by atoms with Crippen molar-refractivity contribution >= 4 is 15.7 Å². The van der Waals surface area contributed by atoms with Crippen LogP contribution in [0.5, 0.6) is 0 Å². The second kappa shape index (κ2) is 5.98. The number of aryl methyl sites for hydroxylation is 1. The summed E-state index contributed by atoms with van der Waals surface area (Å²) in [5, 5.41) is 8.91. The highest BCUT2D eigenvalue weighted by atomic mass is 32.2. The van der Waals surface area contributed by atoms with Crippen LogP contribution in [-0.4, -0.2) is 32.6 Å². The largest absolute Gasteiger partial charge is 0.396 e. The summed E-state index contributed by atoms with van der Waals surface area (Å²) in [4.78, 5) is -0.280. The van der Waals surface area contributed by atoms with Crippen LogP contribution in [0.15, 0.2) is 11.0 Å². The minimum atomic E-state index is -4.18. The fourth-order valence-corrected chi connectivity index (χ4v) is 3.23. The Bertz CT molecular complexity index is 605. The highest BCUT2D eigenvalue weighted by Crippen LogP contribution is 2.27. The molecule has 1 rings (SSSR count). The molecule has 20 heavy (non-hydrogen) atoms. The van der Waals surface area contributed by atoms with Crippen LogP contribution in [0.3, 0.4) is 0 Å². The number of halogens is 3. The van der Waals surface area contributed by atoms with Crippen LogP contribution in [-0.2, 0) is 10.0 Å². The first-order valence-corrected chi connectivity index (χ1v) is 7.07. The van der Waals surface area contributed by atoms with E-state index in [4.69, 9.17) is 10.8 Å². The Morgan fingerprint density at radius 1 is 1.40 bits per heavy atom. The van der Waals surface area contributed by atoms with Crippen LogP contribution in [0.1, 0.15) is 11.1 Å². The lowest BCUT2D eigenvalue weighted by Crippen LogP contribution is -2.36. The monoisotopic (exact) mass is 312 g/mol. The third-order valence-corrected chi connectivity index (χ3v) is 4.46. The summed E-state index contributed by atoms with van der Waals surface area (Å²) in [7, 11) is -4.18. The molecule has 1 aromatic carbocycles. The van der Waals surface area contributed by atoms with Crippen molar-refractivity contribution in [2.24, 2.45) is 0 Å². The van der Waals surface area contributed by atoms with Gasteiger partial charge in [0.1, 0.15) is 11.9 Å². The van der Waals surface area contributed by atoms with Crippen molar-refractivity contribution < 1.29 is 26.7 Å². The average molecular weight is 312 g/mol. The van der Waals surface area contributed by atoms with Crippen molar-refractivity contribution in [1.82, 2.24) is 4.72 Å². The number of rotatable bonds is 5. The Morgan fingerprint density at radius 2 is 1.95 bits per heavy atom. The van der Waals surface area contributed by atoms with Gasteiger partial charge < -0.3 is 10.8 Å². The zero-order chi connectivity index (χ0) is 15.7. The molecule has 114 valence electrons. The lowest BCUT2D eigenvalue weighted by Gasteiger charge is -2.16. The summed E-state index contributed by atoms with van der Waals surface area (Å²) in [5.41, 5.74) is 5.17. The van der Waals surface area contributed by atoms with Gasteiger partial charge in [-0.15, -0.1) is 0 Å². The van der Waals surface area contributed by atoms with Crippen LogP contribution >= 0.6 is 0 Å². The first-order valence-electron chi connectivity index (χ1n) is 5.59. The smallest absolute Gasteiger partial charge is 0.265 e. The first kappa shape index (κ1) is 16.7. The number of hydrogen-bond donors (Lipinski definition) is 3. The highest BCUT2D eigenvalue weighted by Gasteiger charge is 2.25. The molecule has 0 aliphatic heterocycles. The van der Waals surface area contributed by atoms with E-state index in [2.05, 4.69) is 0 Å². The van der Waals surface area contributed by atoms with Crippen molar-refractivity contribution in [1.29, 1.82) is 0 Å². The number of nitrogens with one attached hydrogen (secondary N) is 1. The molecule has 0 aromatic heterocycles. The van der Waals surface area contributed by atoms with E-state index in [0.29, 0.717) is 0 Å². The van der Waals surface area contributed by atoms with Gasteiger partial charge in [0.15, 0.2) is 0 Å². The van der Waals surface area contributed by atoms with Crippen molar-refractivity contribution in [2.75, 3.05) is 12.3 Å². The SMILES string of the molecule is Cc1cc(F)c(N)c(C)c1S(=O)(=O)NCC(O)C(F)F. The van der Waals surface area contributed by atoms with Gasteiger partial charge in [-0.3, -0.25) is 0 Å². The minimum Gasteiger partial charge on any atom is -0.396 e. The van der Waals surface area contributed by atoms with E-state index in [1.807, 2.05) is 4.72 Å². The molecule has 5 nitrogen and oxygen atoms in total. The molecule has 0 bridgehead atoms. The summed E-state index contributed by atoms with van der Waals surface area (Å²) in [6.07, 6.45) is -5.19. The maximum Gasteiger partial charge on any atom is 0.265 e. The third kappa shape index (κ3) is 3.41. The zero-order valence-electron chi connectivity index (χ0n) is 10.8. The standard InChI is InChI=1S/C11H15F3N2O3S/c1-5-3-7(12)9(15)6(2)10(5)20(18,19)16-4-8(17)11(13)14/h3,8,11,16-17H,4,15H2,1-2H3. The molecule has 0 aliphatic carbocycles. The lowest BCUT2D eigenvalue weighted by molar-refractivity contribution is -0.000453. The van der Waals surface area contributed by atoms with Gasteiger partial charge in [0.05, 0.1) is 10.6 Å². The summed E-state index contributed by atoms with van der Waals surface area (Å²) < 4.78 is 63.5. The van der Waals surface area contributed by atoms with Crippen molar-refractivity contribution in [3.63, 3.8) is 0 Å². The van der Waals surface area contributed by atoms with E-state index >= 15 is 0 Å². The quantitative estimate of drug-likeness (QED) is 0.705. The predicted molar refractivity (Wildman–Crippen MR) is 67.5 cm³/mol. The van der Waals surface area contributed by atoms with Crippen molar-refractivity contribution in [3.8, 4) is 0 Å². The van der Waals surface area contributed by atoms with Gasteiger partial charge in [0.25, 0.3) is 6.43 Å². The van der Waals surface area contributed by atoms with Gasteiger partial charge in [-0.05, 0) is 31.0 Å². The number of aliphatic hydroxyl groups excluding tert-OH is 1. The van der Waals surface area contributed by atoms with E-state index < -0.39 is 34.9 Å². The van der Waals surface area contributed by atoms with E-state index in [9.17, 15) is 21.6 Å². The highest BCUT2D eigenvalue weighted by molar-refractivity contribution is 7.89. The molecule has 0 radical (unpaired) electrons. The Kier molecular flexibility index (Phi) is 5.00. The van der Waals surface area contributed by atoms with E-state index in [1.54, 1.807) is 0 Å². The fraction of sp³-hybridized carbons (Fsp3) is 0.455. The van der Waals surface area contributed by atoms with Gasteiger partial charge >= 0.3 is 0 Å². The number of anilines is 1. The summed E-state index contributed by atoms with van der Waals surface area (Å²) in [5.74, 6) is -0.758. The first-order chi connectivity index (χ1) is 9.08. The molecule has 4 N–H and O–H groups in total. The summed E-state index contributed by atoms with van der Waals surface area (Å²) >= 11 is 0. The number of sulfonamides is 1. The molecule has 1 unspecified atom stereocenters. The Morgan fingerprint density at radius 3 is 2.45 bits per heavy atom. The van der Waals surface area contributed by atoms with Gasteiger partial charge in [-0.1, -0.05) is 0 Å². The van der Waals surface area contributed by atoms with E-state index in [1.165, 1.54) is 13.8 Å². The molecule has 1 atom stereocenters. The van der Waals surface area contributed by atoms with E-state index in [-0.39, 0.29) is 21.7 Å². The fourth-order valence-electron chi connectivity index (χ4n) is 1.70. The second-order valence-corrected chi connectivity index (χ2v) is 6.00. The number of nitrogens with two attached hydrogens (primary N) is 1. The Balaban J connectivity index is 3.14. The maximum atomic E-state index is 13.3. The maximum absolute atomic E-state index is 13.3. The summed E-state index contributed by atoms with van der Waals surface area (Å²) in [6, 6.07) is 0.945. The normalized spacial score (nSPS) is 13.8. The molecule has 0 amide bonds. The molecule has 0 heterocycles. The Labute approximate surface area is 114 Å². The molecule has 0 saturated carbocycles. The van der Waals surface area contributed by atoms with Crippen LogP contribution in [0.2, 0.25) is 0 Å².